The molecule has 2 rings (SSSR count). The van der Waals surface area contributed by atoms with Crippen LogP contribution in [0.25, 0.3) is 0 Å². The molecule has 1 saturated heterocycles. The number of benzene rings is 1. The van der Waals surface area contributed by atoms with Gasteiger partial charge in [0.15, 0.2) is 11.5 Å². The second kappa shape index (κ2) is 5.17. The molecule has 0 bridgehead atoms. The molecule has 6 heteroatoms. The smallest absolute Gasteiger partial charge is 0.303 e. The molecule has 1 atom stereocenters. The summed E-state index contributed by atoms with van der Waals surface area (Å²) in [5.74, 6) is -1.76. The summed E-state index contributed by atoms with van der Waals surface area (Å²) in [6, 6.07) is 3.90. The summed E-state index contributed by atoms with van der Waals surface area (Å²) in [6.45, 7) is 0.922. The minimum absolute atomic E-state index is 0.0211. The topological polar surface area (TPSA) is 98.1 Å². The van der Waals surface area contributed by atoms with Gasteiger partial charge in [-0.05, 0) is 30.5 Å². The van der Waals surface area contributed by atoms with Crippen molar-refractivity contribution in [3.05, 3.63) is 23.8 Å². The molecule has 1 aliphatic heterocycles. The van der Waals surface area contributed by atoms with Gasteiger partial charge in [0.2, 0.25) is 0 Å². The quantitative estimate of drug-likeness (QED) is 0.709. The highest BCUT2D eigenvalue weighted by Gasteiger charge is 2.28. The van der Waals surface area contributed by atoms with Crippen molar-refractivity contribution >= 4 is 11.9 Å². The van der Waals surface area contributed by atoms with Gasteiger partial charge in [-0.15, -0.1) is 0 Å². The molecule has 3 N–H and O–H groups in total. The summed E-state index contributed by atoms with van der Waals surface area (Å²) in [5.41, 5.74) is 0.284. The zero-order valence-electron chi connectivity index (χ0n) is 10.2. The lowest BCUT2D eigenvalue weighted by atomic mass is 10.1. The van der Waals surface area contributed by atoms with E-state index < -0.39 is 5.97 Å². The van der Waals surface area contributed by atoms with Crippen LogP contribution in [0.4, 0.5) is 0 Å². The number of carboxylic acid groups (broad SMARTS) is 1. The first-order valence-electron chi connectivity index (χ1n) is 6.00. The second-order valence-electron chi connectivity index (χ2n) is 4.71. The Morgan fingerprint density at radius 1 is 1.26 bits per heavy atom. The number of nitrogens with zero attached hydrogens (tertiary/aromatic N) is 1. The standard InChI is InChI=1S/C13H15NO5/c15-10-2-1-9(6-11(10)16)13(19)14-4-3-8(7-14)5-12(17)18/h1-2,6,8,15-16H,3-5,7H2,(H,17,18). The van der Waals surface area contributed by atoms with E-state index in [-0.39, 0.29) is 35.3 Å². The van der Waals surface area contributed by atoms with Gasteiger partial charge in [-0.2, -0.15) is 0 Å². The number of likely N-dealkylation sites (tertiary alicyclic amines) is 1. The molecular formula is C13H15NO5. The highest BCUT2D eigenvalue weighted by atomic mass is 16.4. The monoisotopic (exact) mass is 265 g/mol. The van der Waals surface area contributed by atoms with E-state index in [0.717, 1.165) is 0 Å². The average molecular weight is 265 g/mol. The number of carbonyl (C=O) groups is 2. The van der Waals surface area contributed by atoms with E-state index in [1.807, 2.05) is 0 Å². The molecule has 1 aromatic carbocycles. The number of hydrogen-bond acceptors (Lipinski definition) is 4. The lowest BCUT2D eigenvalue weighted by Gasteiger charge is -2.16. The summed E-state index contributed by atoms with van der Waals surface area (Å²) >= 11 is 0. The van der Waals surface area contributed by atoms with Gasteiger partial charge in [0, 0.05) is 25.1 Å². The Labute approximate surface area is 109 Å². The molecule has 0 aliphatic carbocycles. The van der Waals surface area contributed by atoms with E-state index in [1.54, 1.807) is 4.90 Å². The van der Waals surface area contributed by atoms with Crippen LogP contribution in [-0.4, -0.2) is 45.2 Å². The Bertz CT molecular complexity index is 514. The van der Waals surface area contributed by atoms with Gasteiger partial charge in [-0.1, -0.05) is 0 Å². The Morgan fingerprint density at radius 2 is 2.00 bits per heavy atom. The van der Waals surface area contributed by atoms with Crippen molar-refractivity contribution in [2.24, 2.45) is 5.92 Å². The molecule has 0 radical (unpaired) electrons. The number of carboxylic acids is 1. The zero-order valence-corrected chi connectivity index (χ0v) is 10.2. The predicted octanol–water partition coefficient (Wildman–Crippen LogP) is 1.03. The third-order valence-electron chi connectivity index (χ3n) is 3.26. The second-order valence-corrected chi connectivity index (χ2v) is 4.71. The van der Waals surface area contributed by atoms with Crippen molar-refractivity contribution in [2.75, 3.05) is 13.1 Å². The number of carbonyl (C=O) groups excluding carboxylic acids is 1. The normalized spacial score (nSPS) is 18.5. The van der Waals surface area contributed by atoms with Gasteiger partial charge in [0.05, 0.1) is 0 Å². The third-order valence-corrected chi connectivity index (χ3v) is 3.26. The number of aliphatic carboxylic acids is 1. The lowest BCUT2D eigenvalue weighted by molar-refractivity contribution is -0.138. The van der Waals surface area contributed by atoms with E-state index >= 15 is 0 Å². The van der Waals surface area contributed by atoms with Crippen LogP contribution < -0.4 is 0 Å². The lowest BCUT2D eigenvalue weighted by Crippen LogP contribution is -2.28. The van der Waals surface area contributed by atoms with Crippen molar-refractivity contribution in [2.45, 2.75) is 12.8 Å². The maximum Gasteiger partial charge on any atom is 0.303 e. The van der Waals surface area contributed by atoms with Crippen LogP contribution >= 0.6 is 0 Å². The van der Waals surface area contributed by atoms with Crippen LogP contribution in [0.2, 0.25) is 0 Å². The van der Waals surface area contributed by atoms with Gasteiger partial charge in [0.1, 0.15) is 0 Å². The van der Waals surface area contributed by atoms with Crippen molar-refractivity contribution in [1.29, 1.82) is 0 Å². The molecule has 0 saturated carbocycles. The first-order chi connectivity index (χ1) is 8.97. The van der Waals surface area contributed by atoms with Crippen molar-refractivity contribution in [3.8, 4) is 11.5 Å². The zero-order chi connectivity index (χ0) is 14.0. The van der Waals surface area contributed by atoms with E-state index in [2.05, 4.69) is 0 Å². The molecule has 102 valence electrons. The maximum absolute atomic E-state index is 12.1. The average Bonchev–Trinajstić information content (AvgIpc) is 2.79. The Hall–Kier alpha value is -2.24. The molecular weight excluding hydrogens is 250 g/mol. The van der Waals surface area contributed by atoms with Crippen LogP contribution in [0.15, 0.2) is 18.2 Å². The molecule has 1 fully saturated rings. The minimum atomic E-state index is -0.860. The van der Waals surface area contributed by atoms with Crippen LogP contribution in [0.3, 0.4) is 0 Å². The molecule has 1 heterocycles. The van der Waals surface area contributed by atoms with Crippen LogP contribution in [0.1, 0.15) is 23.2 Å². The maximum atomic E-state index is 12.1. The summed E-state index contributed by atoms with van der Waals surface area (Å²) in [7, 11) is 0. The molecule has 0 spiro atoms. The van der Waals surface area contributed by atoms with Gasteiger partial charge in [-0.25, -0.2) is 0 Å². The Balaban J connectivity index is 2.04. The molecule has 1 unspecified atom stereocenters. The fourth-order valence-electron chi connectivity index (χ4n) is 2.27. The van der Waals surface area contributed by atoms with E-state index in [1.165, 1.54) is 18.2 Å². The number of phenolic OH excluding ortho intramolecular Hbond substituents is 2. The Morgan fingerprint density at radius 3 is 2.63 bits per heavy atom. The fraction of sp³-hybridized carbons (Fsp3) is 0.385. The van der Waals surface area contributed by atoms with Gasteiger partial charge >= 0.3 is 5.97 Å². The first kappa shape index (κ1) is 13.2. The molecule has 0 aromatic heterocycles. The molecule has 19 heavy (non-hydrogen) atoms. The summed E-state index contributed by atoms with van der Waals surface area (Å²) in [6.07, 6.45) is 0.729. The number of rotatable bonds is 3. The highest BCUT2D eigenvalue weighted by molar-refractivity contribution is 5.95. The number of hydrogen-bond donors (Lipinski definition) is 3. The number of amides is 1. The summed E-state index contributed by atoms with van der Waals surface area (Å²) in [5, 5.41) is 27.3. The first-order valence-corrected chi connectivity index (χ1v) is 6.00. The summed E-state index contributed by atoms with van der Waals surface area (Å²) in [4.78, 5) is 24.3. The van der Waals surface area contributed by atoms with Crippen molar-refractivity contribution in [3.63, 3.8) is 0 Å². The Kier molecular flexibility index (Phi) is 3.59. The van der Waals surface area contributed by atoms with Gasteiger partial charge < -0.3 is 20.2 Å². The largest absolute Gasteiger partial charge is 0.504 e. The van der Waals surface area contributed by atoms with Crippen LogP contribution in [0.5, 0.6) is 11.5 Å². The SMILES string of the molecule is O=C(O)CC1CCN(C(=O)c2ccc(O)c(O)c2)C1. The van der Waals surface area contributed by atoms with Gasteiger partial charge in [0.25, 0.3) is 5.91 Å². The summed E-state index contributed by atoms with van der Waals surface area (Å²) < 4.78 is 0. The highest BCUT2D eigenvalue weighted by Crippen LogP contribution is 2.27. The van der Waals surface area contributed by atoms with Gasteiger partial charge in [-0.3, -0.25) is 9.59 Å². The molecule has 1 aromatic rings. The van der Waals surface area contributed by atoms with E-state index in [9.17, 15) is 19.8 Å². The molecule has 1 aliphatic rings. The van der Waals surface area contributed by atoms with Crippen molar-refractivity contribution < 1.29 is 24.9 Å². The van der Waals surface area contributed by atoms with Crippen molar-refractivity contribution in [1.82, 2.24) is 4.90 Å². The van der Waals surface area contributed by atoms with Crippen LogP contribution in [-0.2, 0) is 4.79 Å². The number of aromatic hydroxyl groups is 2. The van der Waals surface area contributed by atoms with Crippen LogP contribution in [0, 0.1) is 5.92 Å². The number of phenols is 2. The predicted molar refractivity (Wildman–Crippen MR) is 66.0 cm³/mol. The third kappa shape index (κ3) is 2.96. The van der Waals surface area contributed by atoms with E-state index in [4.69, 9.17) is 5.11 Å². The fourth-order valence-corrected chi connectivity index (χ4v) is 2.27. The van der Waals surface area contributed by atoms with E-state index in [0.29, 0.717) is 19.5 Å². The molecule has 1 amide bonds. The molecule has 6 nitrogen and oxygen atoms in total. The minimum Gasteiger partial charge on any atom is -0.504 e.